The van der Waals surface area contributed by atoms with E-state index >= 15 is 0 Å². The molecule has 5 aromatic rings. The minimum absolute atomic E-state index is 0.425. The highest BCUT2D eigenvalue weighted by atomic mass is 16.5. The molecule has 4 nitrogen and oxygen atoms in total. The fourth-order valence-corrected chi connectivity index (χ4v) is 3.91. The quantitative estimate of drug-likeness (QED) is 0.329. The van der Waals surface area contributed by atoms with Crippen molar-refractivity contribution < 1.29 is 4.74 Å². The molecule has 0 amide bonds. The van der Waals surface area contributed by atoms with E-state index in [2.05, 4.69) is 60.9 Å². The highest BCUT2D eigenvalue weighted by Crippen LogP contribution is 2.27. The lowest BCUT2D eigenvalue weighted by molar-refractivity contribution is 0.302. The Labute approximate surface area is 182 Å². The van der Waals surface area contributed by atoms with Gasteiger partial charge in [0.15, 0.2) is 0 Å². The molecule has 0 radical (unpaired) electrons. The smallest absolute Gasteiger partial charge is 0.130 e. The van der Waals surface area contributed by atoms with E-state index in [4.69, 9.17) is 14.7 Å². The third-order valence-corrected chi connectivity index (χ3v) is 5.34. The van der Waals surface area contributed by atoms with Crippen molar-refractivity contribution in [2.45, 2.75) is 26.9 Å². The van der Waals surface area contributed by atoms with Gasteiger partial charge in [-0.05, 0) is 42.3 Å². The van der Waals surface area contributed by atoms with E-state index in [1.807, 2.05) is 42.5 Å². The van der Waals surface area contributed by atoms with Gasteiger partial charge in [0.1, 0.15) is 18.2 Å². The van der Waals surface area contributed by atoms with Gasteiger partial charge in [-0.2, -0.15) is 0 Å². The predicted octanol–water partition coefficient (Wildman–Crippen LogP) is 6.35. The van der Waals surface area contributed by atoms with E-state index in [1.54, 1.807) is 0 Å². The molecule has 0 bridgehead atoms. The summed E-state index contributed by atoms with van der Waals surface area (Å²) in [5.41, 5.74) is 5.06. The van der Waals surface area contributed by atoms with Gasteiger partial charge in [0, 0.05) is 23.6 Å². The van der Waals surface area contributed by atoms with Crippen LogP contribution in [-0.2, 0) is 13.0 Å². The second-order valence-corrected chi connectivity index (χ2v) is 8.23. The number of imidazole rings is 1. The molecule has 0 spiro atoms. The fourth-order valence-electron chi connectivity index (χ4n) is 3.91. The molecular formula is C27H25N3O. The number of rotatable bonds is 6. The summed E-state index contributed by atoms with van der Waals surface area (Å²) in [6.07, 6.45) is 0.917. The van der Waals surface area contributed by atoms with Crippen LogP contribution in [0.1, 0.15) is 25.4 Å². The van der Waals surface area contributed by atoms with Gasteiger partial charge in [0.25, 0.3) is 0 Å². The standard InChI is InChI=1S/C27H25N3O/c1-19(2)16-27-29-25-15-14-23(17-26(25)30(27)22-9-4-3-5-10-22)31-18-21-13-12-20-8-6-7-11-24(20)28-21/h3-15,17,19H,16,18H2,1-2H3. The molecular weight excluding hydrogens is 382 g/mol. The average molecular weight is 408 g/mol. The maximum atomic E-state index is 6.13. The Hall–Kier alpha value is -3.66. The van der Waals surface area contributed by atoms with Crippen LogP contribution in [0.4, 0.5) is 0 Å². The summed E-state index contributed by atoms with van der Waals surface area (Å²) in [6, 6.07) is 28.8. The summed E-state index contributed by atoms with van der Waals surface area (Å²) in [7, 11) is 0. The van der Waals surface area contributed by atoms with Crippen LogP contribution in [0.5, 0.6) is 5.75 Å². The molecule has 4 heteroatoms. The van der Waals surface area contributed by atoms with Gasteiger partial charge < -0.3 is 4.74 Å². The minimum Gasteiger partial charge on any atom is -0.487 e. The lowest BCUT2D eigenvalue weighted by Crippen LogP contribution is -2.05. The third-order valence-electron chi connectivity index (χ3n) is 5.34. The molecule has 0 unspecified atom stereocenters. The number of benzene rings is 3. The van der Waals surface area contributed by atoms with Crippen molar-refractivity contribution in [1.82, 2.24) is 14.5 Å². The Bertz CT molecular complexity index is 1340. The zero-order valence-corrected chi connectivity index (χ0v) is 17.8. The second kappa shape index (κ2) is 8.23. The molecule has 5 rings (SSSR count). The maximum absolute atomic E-state index is 6.13. The summed E-state index contributed by atoms with van der Waals surface area (Å²) < 4.78 is 8.37. The third kappa shape index (κ3) is 4.02. The molecule has 0 saturated heterocycles. The van der Waals surface area contributed by atoms with Crippen LogP contribution >= 0.6 is 0 Å². The molecule has 3 aromatic carbocycles. The zero-order chi connectivity index (χ0) is 21.2. The Morgan fingerprint density at radius 1 is 0.806 bits per heavy atom. The van der Waals surface area contributed by atoms with Crippen molar-refractivity contribution in [3.05, 3.63) is 96.4 Å². The Morgan fingerprint density at radius 3 is 2.45 bits per heavy atom. The van der Waals surface area contributed by atoms with Crippen molar-refractivity contribution in [2.75, 3.05) is 0 Å². The number of aromatic nitrogens is 3. The number of nitrogens with zero attached hydrogens (tertiary/aromatic N) is 3. The molecule has 0 saturated carbocycles. The largest absolute Gasteiger partial charge is 0.487 e. The first kappa shape index (κ1) is 19.3. The van der Waals surface area contributed by atoms with E-state index in [9.17, 15) is 0 Å². The first-order valence-electron chi connectivity index (χ1n) is 10.7. The SMILES string of the molecule is CC(C)Cc1nc2ccc(OCc3ccc4ccccc4n3)cc2n1-c1ccccc1. The number of pyridine rings is 1. The van der Waals surface area contributed by atoms with E-state index in [1.165, 1.54) is 0 Å². The van der Waals surface area contributed by atoms with E-state index < -0.39 is 0 Å². The van der Waals surface area contributed by atoms with Crippen LogP contribution in [0, 0.1) is 5.92 Å². The maximum Gasteiger partial charge on any atom is 0.130 e. The van der Waals surface area contributed by atoms with Crippen molar-refractivity contribution >= 4 is 21.9 Å². The van der Waals surface area contributed by atoms with E-state index in [-0.39, 0.29) is 0 Å². The summed E-state index contributed by atoms with van der Waals surface area (Å²) in [4.78, 5) is 9.63. The van der Waals surface area contributed by atoms with Crippen molar-refractivity contribution in [3.8, 4) is 11.4 Å². The fraction of sp³-hybridized carbons (Fsp3) is 0.185. The number of hydrogen-bond acceptors (Lipinski definition) is 3. The van der Waals surface area contributed by atoms with E-state index in [0.29, 0.717) is 12.5 Å². The highest BCUT2D eigenvalue weighted by Gasteiger charge is 2.14. The Kier molecular flexibility index (Phi) is 5.13. The lowest BCUT2D eigenvalue weighted by Gasteiger charge is -2.11. The normalized spacial score (nSPS) is 11.5. The number of ether oxygens (including phenoxy) is 1. The van der Waals surface area contributed by atoms with Gasteiger partial charge >= 0.3 is 0 Å². The molecule has 0 fully saturated rings. The van der Waals surface area contributed by atoms with Gasteiger partial charge in [-0.1, -0.05) is 56.3 Å². The van der Waals surface area contributed by atoms with Gasteiger partial charge in [0.05, 0.1) is 22.2 Å². The van der Waals surface area contributed by atoms with Crippen molar-refractivity contribution in [1.29, 1.82) is 0 Å². The highest BCUT2D eigenvalue weighted by molar-refractivity contribution is 5.80. The molecule has 0 atom stereocenters. The molecule has 2 heterocycles. The predicted molar refractivity (Wildman–Crippen MR) is 126 cm³/mol. The van der Waals surface area contributed by atoms with Gasteiger partial charge in [-0.3, -0.25) is 4.57 Å². The number of para-hydroxylation sites is 2. The van der Waals surface area contributed by atoms with Gasteiger partial charge in [0.2, 0.25) is 0 Å². The van der Waals surface area contributed by atoms with Crippen molar-refractivity contribution in [2.24, 2.45) is 5.92 Å². The first-order valence-corrected chi connectivity index (χ1v) is 10.7. The molecule has 0 aliphatic rings. The monoisotopic (exact) mass is 407 g/mol. The zero-order valence-electron chi connectivity index (χ0n) is 17.8. The summed E-state index contributed by atoms with van der Waals surface area (Å²) >= 11 is 0. The number of hydrogen-bond donors (Lipinski definition) is 0. The van der Waals surface area contributed by atoms with E-state index in [0.717, 1.165) is 51.3 Å². The Balaban J connectivity index is 1.48. The van der Waals surface area contributed by atoms with Crippen LogP contribution < -0.4 is 4.74 Å². The average Bonchev–Trinajstić information content (AvgIpc) is 3.14. The van der Waals surface area contributed by atoms with Crippen LogP contribution in [0.3, 0.4) is 0 Å². The summed E-state index contributed by atoms with van der Waals surface area (Å²) in [5.74, 6) is 2.41. The molecule has 31 heavy (non-hydrogen) atoms. The van der Waals surface area contributed by atoms with Crippen LogP contribution in [0.15, 0.2) is 84.9 Å². The first-order chi connectivity index (χ1) is 15.2. The minimum atomic E-state index is 0.425. The Morgan fingerprint density at radius 2 is 1.61 bits per heavy atom. The van der Waals surface area contributed by atoms with Crippen molar-refractivity contribution in [3.63, 3.8) is 0 Å². The summed E-state index contributed by atoms with van der Waals surface area (Å²) in [6.45, 7) is 4.87. The van der Waals surface area contributed by atoms with Gasteiger partial charge in [-0.15, -0.1) is 0 Å². The lowest BCUT2D eigenvalue weighted by atomic mass is 10.1. The summed E-state index contributed by atoms with van der Waals surface area (Å²) in [5, 5.41) is 1.14. The molecule has 2 aromatic heterocycles. The molecule has 0 N–H and O–H groups in total. The topological polar surface area (TPSA) is 39.9 Å². The molecule has 154 valence electrons. The number of fused-ring (bicyclic) bond motifs is 2. The van der Waals surface area contributed by atoms with Gasteiger partial charge in [-0.25, -0.2) is 9.97 Å². The second-order valence-electron chi connectivity index (χ2n) is 8.23. The molecule has 0 aliphatic carbocycles. The van der Waals surface area contributed by atoms with Crippen LogP contribution in [0.2, 0.25) is 0 Å². The van der Waals surface area contributed by atoms with Crippen LogP contribution in [0.25, 0.3) is 27.6 Å². The van der Waals surface area contributed by atoms with Crippen LogP contribution in [-0.4, -0.2) is 14.5 Å². The molecule has 0 aliphatic heterocycles.